The van der Waals surface area contributed by atoms with Crippen LogP contribution in [0.15, 0.2) is 12.1 Å². The summed E-state index contributed by atoms with van der Waals surface area (Å²) in [5.41, 5.74) is -1.41. The Labute approximate surface area is 126 Å². The number of hydrogen-bond donors (Lipinski definition) is 1. The van der Waals surface area contributed by atoms with Crippen LogP contribution < -0.4 is 0 Å². The van der Waals surface area contributed by atoms with Crippen molar-refractivity contribution in [2.75, 3.05) is 0 Å². The Hall–Kier alpha value is -1.08. The highest BCUT2D eigenvalue weighted by atomic mass is 35.5. The molecule has 0 unspecified atom stereocenters. The molecule has 8 heteroatoms. The smallest absolute Gasteiger partial charge is 0.276 e. The van der Waals surface area contributed by atoms with Crippen LogP contribution in [0.2, 0.25) is 0 Å². The summed E-state index contributed by atoms with van der Waals surface area (Å²) >= 11 is 5.28. The zero-order chi connectivity index (χ0) is 16.0. The third kappa shape index (κ3) is 2.68. The second-order valence-corrected chi connectivity index (χ2v) is 6.84. The molecule has 3 nitrogen and oxygen atoms in total. The van der Waals surface area contributed by atoms with E-state index < -0.39 is 32.4 Å². The van der Waals surface area contributed by atoms with Crippen LogP contribution in [0.4, 0.5) is 13.2 Å². The minimum atomic E-state index is -4.75. The van der Waals surface area contributed by atoms with E-state index in [4.69, 9.17) is 11.6 Å². The Morgan fingerprint density at radius 1 is 1.29 bits per heavy atom. The first-order chi connectivity index (χ1) is 9.59. The Bertz CT molecular complexity index is 668. The number of halogens is 4. The maximum atomic E-state index is 13.2. The fourth-order valence-electron chi connectivity index (χ4n) is 2.60. The van der Waals surface area contributed by atoms with Crippen molar-refractivity contribution in [2.45, 2.75) is 37.1 Å². The summed E-state index contributed by atoms with van der Waals surface area (Å²) in [6.45, 7) is 1.43. The van der Waals surface area contributed by atoms with Crippen molar-refractivity contribution in [3.63, 3.8) is 0 Å². The van der Waals surface area contributed by atoms with E-state index in [1.807, 2.05) is 0 Å². The first kappa shape index (κ1) is 16.3. The molecule has 0 radical (unpaired) electrons. The third-order valence-electron chi connectivity index (χ3n) is 3.91. The quantitative estimate of drug-likeness (QED) is 0.678. The molecule has 0 saturated heterocycles. The lowest BCUT2D eigenvalue weighted by Gasteiger charge is -2.38. The summed E-state index contributed by atoms with van der Waals surface area (Å²) < 4.78 is 61.2. The average molecular weight is 341 g/mol. The first-order valence-electron chi connectivity index (χ1n) is 6.16. The lowest BCUT2D eigenvalue weighted by Crippen LogP contribution is -2.38. The molecular formula is C13H12ClF3O3S. The van der Waals surface area contributed by atoms with Gasteiger partial charge in [-0.15, -0.1) is 0 Å². The SMILES string of the molecule is Cc1cc(C2([SH](=O)=O)CCC2)c(C(F)(F)F)cc1C(=O)Cl. The second kappa shape index (κ2) is 5.28. The number of rotatable bonds is 3. The van der Waals surface area contributed by atoms with Gasteiger partial charge in [0.25, 0.3) is 5.24 Å². The van der Waals surface area contributed by atoms with Crippen LogP contribution >= 0.6 is 11.6 Å². The zero-order valence-corrected chi connectivity index (χ0v) is 12.6. The predicted octanol–water partition coefficient (Wildman–Crippen LogP) is 3.38. The van der Waals surface area contributed by atoms with Gasteiger partial charge in [0.15, 0.2) is 0 Å². The van der Waals surface area contributed by atoms with Crippen molar-refractivity contribution < 1.29 is 26.4 Å². The molecule has 1 aliphatic rings. The lowest BCUT2D eigenvalue weighted by molar-refractivity contribution is -0.138. The van der Waals surface area contributed by atoms with Crippen molar-refractivity contribution in [3.8, 4) is 0 Å². The van der Waals surface area contributed by atoms with Crippen molar-refractivity contribution in [3.05, 3.63) is 34.4 Å². The van der Waals surface area contributed by atoms with E-state index in [1.165, 1.54) is 6.92 Å². The number of carbonyl (C=O) groups is 1. The van der Waals surface area contributed by atoms with Crippen molar-refractivity contribution in [2.24, 2.45) is 0 Å². The first-order valence-corrected chi connectivity index (χ1v) is 7.72. The molecule has 1 saturated carbocycles. The van der Waals surface area contributed by atoms with Gasteiger partial charge in [0.2, 0.25) is 0 Å². The minimum absolute atomic E-state index is 0.155. The maximum absolute atomic E-state index is 13.2. The van der Waals surface area contributed by atoms with Crippen LogP contribution in [0.25, 0.3) is 0 Å². The van der Waals surface area contributed by atoms with Gasteiger partial charge >= 0.3 is 6.18 Å². The molecule has 0 aromatic heterocycles. The lowest BCUT2D eigenvalue weighted by atomic mass is 9.76. The van der Waals surface area contributed by atoms with Gasteiger partial charge in [0, 0.05) is 5.56 Å². The second-order valence-electron chi connectivity index (χ2n) is 5.13. The third-order valence-corrected chi connectivity index (χ3v) is 5.50. The van der Waals surface area contributed by atoms with Crippen molar-refractivity contribution in [1.82, 2.24) is 0 Å². The van der Waals surface area contributed by atoms with E-state index in [0.29, 0.717) is 12.5 Å². The Morgan fingerprint density at radius 3 is 2.19 bits per heavy atom. The molecule has 0 heterocycles. The Balaban J connectivity index is 2.77. The van der Waals surface area contributed by atoms with E-state index in [-0.39, 0.29) is 29.5 Å². The summed E-state index contributed by atoms with van der Waals surface area (Å²) in [6, 6.07) is 1.78. The summed E-state index contributed by atoms with van der Waals surface area (Å²) in [4.78, 5) is 11.2. The molecule has 0 bridgehead atoms. The van der Waals surface area contributed by atoms with Crippen molar-refractivity contribution >= 4 is 27.5 Å². The summed E-state index contributed by atoms with van der Waals surface area (Å²) in [7, 11) is -3.05. The monoisotopic (exact) mass is 340 g/mol. The van der Waals surface area contributed by atoms with Crippen LogP contribution in [0.1, 0.15) is 46.3 Å². The summed E-state index contributed by atoms with van der Waals surface area (Å²) in [5, 5.41) is -1.00. The van der Waals surface area contributed by atoms with Gasteiger partial charge in [-0.1, -0.05) is 6.07 Å². The average Bonchev–Trinajstić information content (AvgIpc) is 2.24. The molecule has 1 aromatic rings. The highest BCUT2D eigenvalue weighted by Crippen LogP contribution is 2.49. The predicted molar refractivity (Wildman–Crippen MR) is 72.2 cm³/mol. The number of hydrogen-bond acceptors (Lipinski definition) is 3. The minimum Gasteiger partial charge on any atom is -0.276 e. The molecule has 1 fully saturated rings. The van der Waals surface area contributed by atoms with Gasteiger partial charge in [0.05, 0.1) is 10.3 Å². The van der Waals surface area contributed by atoms with Gasteiger partial charge < -0.3 is 0 Å². The van der Waals surface area contributed by atoms with Crippen LogP contribution in [-0.2, 0) is 21.6 Å². The fraction of sp³-hybridized carbons (Fsp3) is 0.462. The van der Waals surface area contributed by atoms with Crippen LogP contribution in [0.3, 0.4) is 0 Å². The number of carbonyl (C=O) groups excluding carboxylic acids is 1. The Kier molecular flexibility index (Phi) is 4.10. The molecule has 0 aliphatic heterocycles. The number of thiol groups is 1. The number of benzene rings is 1. The fourth-order valence-corrected chi connectivity index (χ4v) is 3.87. The van der Waals surface area contributed by atoms with Gasteiger partial charge in [-0.25, -0.2) is 8.42 Å². The molecule has 116 valence electrons. The van der Waals surface area contributed by atoms with E-state index in [2.05, 4.69) is 0 Å². The van der Waals surface area contributed by atoms with E-state index in [1.54, 1.807) is 0 Å². The largest absolute Gasteiger partial charge is 0.416 e. The zero-order valence-electron chi connectivity index (χ0n) is 11.0. The summed E-state index contributed by atoms with van der Waals surface area (Å²) in [6.07, 6.45) is -3.89. The highest BCUT2D eigenvalue weighted by Gasteiger charge is 2.48. The van der Waals surface area contributed by atoms with E-state index in [9.17, 15) is 26.4 Å². The molecule has 0 amide bonds. The maximum Gasteiger partial charge on any atom is 0.416 e. The van der Waals surface area contributed by atoms with Gasteiger partial charge in [-0.3, -0.25) is 4.79 Å². The van der Waals surface area contributed by atoms with Gasteiger partial charge in [0.1, 0.15) is 10.7 Å². The molecule has 0 spiro atoms. The van der Waals surface area contributed by atoms with Crippen LogP contribution in [0, 0.1) is 6.92 Å². The standard InChI is InChI=1S/C13H12ClF3O3S/c1-7-5-9(12(21(19)20)3-2-4-12)10(13(15,16)17)6-8(7)11(14)18/h5-6,21H,2-4H2,1H3. The molecule has 1 aromatic carbocycles. The van der Waals surface area contributed by atoms with Gasteiger partial charge in [-0.05, 0) is 55.0 Å². The summed E-state index contributed by atoms with van der Waals surface area (Å²) in [5.74, 6) is 0. The normalized spacial score (nSPS) is 17.6. The van der Waals surface area contributed by atoms with Crippen LogP contribution in [0.5, 0.6) is 0 Å². The van der Waals surface area contributed by atoms with Crippen molar-refractivity contribution in [1.29, 1.82) is 0 Å². The topological polar surface area (TPSA) is 51.2 Å². The van der Waals surface area contributed by atoms with E-state index >= 15 is 0 Å². The van der Waals surface area contributed by atoms with E-state index in [0.717, 1.165) is 6.07 Å². The molecule has 21 heavy (non-hydrogen) atoms. The molecule has 0 N–H and O–H groups in total. The number of alkyl halides is 3. The van der Waals surface area contributed by atoms with Gasteiger partial charge in [-0.2, -0.15) is 13.2 Å². The number of aryl methyl sites for hydroxylation is 1. The highest BCUT2D eigenvalue weighted by molar-refractivity contribution is 7.73. The molecular weight excluding hydrogens is 329 g/mol. The molecule has 1 aliphatic carbocycles. The Morgan fingerprint density at radius 2 is 1.86 bits per heavy atom. The van der Waals surface area contributed by atoms with Crippen LogP contribution in [-0.4, -0.2) is 13.7 Å². The molecule has 2 rings (SSSR count). The molecule has 0 atom stereocenters.